The maximum atomic E-state index is 9.26. The highest BCUT2D eigenvalue weighted by Gasteiger charge is 2.07. The van der Waals surface area contributed by atoms with Crippen LogP contribution in [0.15, 0.2) is 17.5 Å². The average molecular weight is 176 g/mol. The van der Waals surface area contributed by atoms with Gasteiger partial charge in [-0.05, 0) is 18.4 Å². The first-order chi connectivity index (χ1) is 4.84. The number of rotatable bonds is 3. The molecule has 1 aromatic heterocycles. The van der Waals surface area contributed by atoms with Crippen molar-refractivity contribution in [3.05, 3.63) is 17.5 Å². The molecule has 0 fully saturated rings. The van der Waals surface area contributed by atoms with Crippen molar-refractivity contribution in [2.75, 3.05) is 6.61 Å². The van der Waals surface area contributed by atoms with Crippen molar-refractivity contribution in [3.63, 3.8) is 0 Å². The van der Waals surface area contributed by atoms with Crippen LogP contribution in [-0.4, -0.2) is 11.5 Å². The highest BCUT2D eigenvalue weighted by Crippen LogP contribution is 2.31. The first-order valence-electron chi connectivity index (χ1n) is 3.00. The van der Waals surface area contributed by atoms with Gasteiger partial charge in [0.05, 0.1) is 11.2 Å². The molecule has 0 aliphatic carbocycles. The molecule has 1 N–H and O–H groups in total. The van der Waals surface area contributed by atoms with Gasteiger partial charge in [0.15, 0.2) is 0 Å². The van der Waals surface area contributed by atoms with Gasteiger partial charge in [0.1, 0.15) is 0 Å². The first-order valence-corrected chi connectivity index (χ1v) is 5.09. The van der Waals surface area contributed by atoms with E-state index in [1.54, 1.807) is 0 Å². The summed E-state index contributed by atoms with van der Waals surface area (Å²) in [6.07, 6.45) is 0. The van der Waals surface area contributed by atoms with Crippen molar-refractivity contribution in [1.82, 2.24) is 0 Å². The Balaban J connectivity index is 2.50. The normalized spacial score (nSPS) is 13.4. The van der Waals surface area contributed by atoms with Crippen molar-refractivity contribution >= 4 is 24.3 Å². The minimum absolute atomic E-state index is 0.570. The van der Waals surface area contributed by atoms with Crippen molar-refractivity contribution in [2.45, 2.75) is 6.92 Å². The second-order valence-corrected chi connectivity index (χ2v) is 4.18. The van der Waals surface area contributed by atoms with Gasteiger partial charge in [-0.25, -0.2) is 0 Å². The summed E-state index contributed by atoms with van der Waals surface area (Å²) in [5.74, 6) is 0. The zero-order valence-electron chi connectivity index (χ0n) is 5.65. The highest BCUT2D eigenvalue weighted by atomic mass is 32.1. The average Bonchev–Trinajstić information content (AvgIpc) is 2.38. The van der Waals surface area contributed by atoms with E-state index < -0.39 is 8.38 Å². The van der Waals surface area contributed by atoms with Gasteiger partial charge in [-0.1, -0.05) is 6.07 Å². The van der Waals surface area contributed by atoms with Crippen LogP contribution < -0.4 is 4.62 Å². The van der Waals surface area contributed by atoms with E-state index in [1.165, 1.54) is 11.3 Å². The fourth-order valence-electron chi connectivity index (χ4n) is 0.565. The first kappa shape index (κ1) is 8.15. The van der Waals surface area contributed by atoms with E-state index in [-0.39, 0.29) is 0 Å². The third kappa shape index (κ3) is 2.03. The summed E-state index contributed by atoms with van der Waals surface area (Å²) in [6, 6.07) is 3.79. The molecule has 0 aromatic carbocycles. The van der Waals surface area contributed by atoms with Crippen molar-refractivity contribution < 1.29 is 9.42 Å². The summed E-state index contributed by atoms with van der Waals surface area (Å²) in [5.41, 5.74) is 0. The predicted molar refractivity (Wildman–Crippen MR) is 44.7 cm³/mol. The molecule has 0 aliphatic rings. The van der Waals surface area contributed by atoms with E-state index in [1.807, 2.05) is 24.4 Å². The molecule has 1 aromatic rings. The van der Waals surface area contributed by atoms with E-state index in [9.17, 15) is 4.89 Å². The standard InChI is InChI=1S/C6H9O2PS/c1-2-8-9(7)6-4-3-5-10-6/h3-5,7H,2H2,1H3. The quantitative estimate of drug-likeness (QED) is 0.710. The number of hydrogen-bond acceptors (Lipinski definition) is 3. The van der Waals surface area contributed by atoms with Crippen molar-refractivity contribution in [1.29, 1.82) is 0 Å². The van der Waals surface area contributed by atoms with Crippen molar-refractivity contribution in [3.8, 4) is 0 Å². The number of thiophene rings is 1. The van der Waals surface area contributed by atoms with E-state index in [4.69, 9.17) is 4.52 Å². The molecule has 2 nitrogen and oxygen atoms in total. The predicted octanol–water partition coefficient (Wildman–Crippen LogP) is 1.71. The highest BCUT2D eigenvalue weighted by molar-refractivity contribution is 7.62. The molecular weight excluding hydrogens is 167 g/mol. The van der Waals surface area contributed by atoms with Crippen LogP contribution in [0, 0.1) is 0 Å². The zero-order chi connectivity index (χ0) is 7.40. The Kier molecular flexibility index (Phi) is 3.29. The van der Waals surface area contributed by atoms with Crippen molar-refractivity contribution in [2.24, 2.45) is 0 Å². The molecule has 0 saturated heterocycles. The molecule has 4 heteroatoms. The van der Waals surface area contributed by atoms with Crippen LogP contribution >= 0.6 is 19.7 Å². The van der Waals surface area contributed by atoms with Gasteiger partial charge in [0.25, 0.3) is 0 Å². The molecule has 56 valence electrons. The van der Waals surface area contributed by atoms with Crippen LogP contribution in [0.3, 0.4) is 0 Å². The molecule has 1 atom stereocenters. The largest absolute Gasteiger partial charge is 0.346 e. The molecule has 0 spiro atoms. The van der Waals surface area contributed by atoms with Gasteiger partial charge in [-0.2, -0.15) is 0 Å². The molecule has 10 heavy (non-hydrogen) atoms. The second-order valence-electron chi connectivity index (χ2n) is 1.64. The van der Waals surface area contributed by atoms with Crippen LogP contribution in [0.1, 0.15) is 6.92 Å². The lowest BCUT2D eigenvalue weighted by Gasteiger charge is -2.04. The van der Waals surface area contributed by atoms with Gasteiger partial charge < -0.3 is 9.42 Å². The van der Waals surface area contributed by atoms with Crippen LogP contribution in [0.25, 0.3) is 0 Å². The van der Waals surface area contributed by atoms with E-state index in [2.05, 4.69) is 0 Å². The molecule has 0 amide bonds. The van der Waals surface area contributed by atoms with E-state index in [0.29, 0.717) is 6.61 Å². The molecule has 1 unspecified atom stereocenters. The van der Waals surface area contributed by atoms with Gasteiger partial charge in [-0.3, -0.25) is 0 Å². The summed E-state index contributed by atoms with van der Waals surface area (Å²) in [6.45, 7) is 2.44. The Morgan fingerprint density at radius 2 is 2.60 bits per heavy atom. The Hall–Kier alpha value is 0.0500. The lowest BCUT2D eigenvalue weighted by atomic mass is 10.7. The Morgan fingerprint density at radius 1 is 1.80 bits per heavy atom. The van der Waals surface area contributed by atoms with E-state index >= 15 is 0 Å². The van der Waals surface area contributed by atoms with Gasteiger partial charge >= 0.3 is 0 Å². The summed E-state index contributed by atoms with van der Waals surface area (Å²) in [7, 11) is -1.32. The Morgan fingerprint density at radius 3 is 3.10 bits per heavy atom. The summed E-state index contributed by atoms with van der Waals surface area (Å²) in [5, 5.41) is 1.93. The fourth-order valence-corrected chi connectivity index (χ4v) is 2.31. The zero-order valence-corrected chi connectivity index (χ0v) is 7.36. The molecule has 1 heterocycles. The topological polar surface area (TPSA) is 29.5 Å². The minimum Gasteiger partial charge on any atom is -0.346 e. The SMILES string of the molecule is CCOP(O)c1cccs1. The van der Waals surface area contributed by atoms with Crippen LogP contribution in [0.5, 0.6) is 0 Å². The lowest BCUT2D eigenvalue weighted by Crippen LogP contribution is -1.95. The van der Waals surface area contributed by atoms with Gasteiger partial charge in [-0.15, -0.1) is 11.3 Å². The van der Waals surface area contributed by atoms with Crippen LogP contribution in [0.2, 0.25) is 0 Å². The summed E-state index contributed by atoms with van der Waals surface area (Å²) >= 11 is 1.52. The van der Waals surface area contributed by atoms with E-state index in [0.717, 1.165) is 4.62 Å². The molecule has 0 aliphatic heterocycles. The second kappa shape index (κ2) is 4.04. The fraction of sp³-hybridized carbons (Fsp3) is 0.333. The third-order valence-corrected chi connectivity index (χ3v) is 3.43. The smallest absolute Gasteiger partial charge is 0.213 e. The van der Waals surface area contributed by atoms with Crippen LogP contribution in [0.4, 0.5) is 0 Å². The molecular formula is C6H9O2PS. The molecule has 0 saturated carbocycles. The van der Waals surface area contributed by atoms with Crippen LogP contribution in [-0.2, 0) is 4.52 Å². The number of hydrogen-bond donors (Lipinski definition) is 1. The lowest BCUT2D eigenvalue weighted by molar-refractivity contribution is 0.338. The molecule has 1 rings (SSSR count). The maximum Gasteiger partial charge on any atom is 0.213 e. The Bertz CT molecular complexity index is 176. The Labute approximate surface area is 65.4 Å². The summed E-state index contributed by atoms with van der Waals surface area (Å²) < 4.78 is 5.94. The maximum absolute atomic E-state index is 9.26. The van der Waals surface area contributed by atoms with Gasteiger partial charge in [0.2, 0.25) is 8.38 Å². The third-order valence-electron chi connectivity index (χ3n) is 0.946. The molecule has 0 bridgehead atoms. The summed E-state index contributed by atoms with van der Waals surface area (Å²) in [4.78, 5) is 9.26. The monoisotopic (exact) mass is 176 g/mol. The minimum atomic E-state index is -1.32. The molecule has 0 radical (unpaired) electrons. The van der Waals surface area contributed by atoms with Gasteiger partial charge in [0, 0.05) is 0 Å².